The molecular formula is C16H18BrNO. The fourth-order valence-corrected chi connectivity index (χ4v) is 3.58. The van der Waals surface area contributed by atoms with E-state index in [2.05, 4.69) is 49.7 Å². The van der Waals surface area contributed by atoms with E-state index in [4.69, 9.17) is 0 Å². The summed E-state index contributed by atoms with van der Waals surface area (Å²) in [6.07, 6.45) is 0. The largest absolute Gasteiger partial charge is 0.297 e. The van der Waals surface area contributed by atoms with Crippen molar-refractivity contribution in [2.24, 2.45) is 16.7 Å². The van der Waals surface area contributed by atoms with E-state index in [0.29, 0.717) is 0 Å². The molecule has 0 aliphatic heterocycles. The van der Waals surface area contributed by atoms with Crippen LogP contribution in [0.4, 0.5) is 0 Å². The van der Waals surface area contributed by atoms with Crippen LogP contribution >= 0.6 is 15.9 Å². The molecule has 0 radical (unpaired) electrons. The number of rotatable bonds is 3. The van der Waals surface area contributed by atoms with Crippen molar-refractivity contribution < 1.29 is 4.79 Å². The number of hydrogen-bond acceptors (Lipinski definition) is 2. The quantitative estimate of drug-likeness (QED) is 0.833. The number of nitriles is 1. The molecule has 2 nitrogen and oxygen atoms in total. The van der Waals surface area contributed by atoms with Crippen molar-refractivity contribution in [3.63, 3.8) is 0 Å². The van der Waals surface area contributed by atoms with E-state index in [9.17, 15) is 10.1 Å². The minimum absolute atomic E-state index is 0.0273. The van der Waals surface area contributed by atoms with Crippen molar-refractivity contribution in [2.75, 3.05) is 0 Å². The standard InChI is InChI=1S/C16H18BrNO/c1-15(2)14(16(15,3)4)13(19)11(9-18)10-7-5-6-8-12(10)17/h5-8,11,14H,1-4H3. The van der Waals surface area contributed by atoms with Crippen molar-refractivity contribution >= 4 is 21.7 Å². The Kier molecular flexibility index (Phi) is 3.35. The van der Waals surface area contributed by atoms with Gasteiger partial charge in [0.2, 0.25) is 0 Å². The number of ketones is 1. The maximum absolute atomic E-state index is 12.7. The van der Waals surface area contributed by atoms with Gasteiger partial charge in [-0.3, -0.25) is 4.79 Å². The molecule has 1 fully saturated rings. The predicted octanol–water partition coefficient (Wildman–Crippen LogP) is 4.31. The lowest BCUT2D eigenvalue weighted by atomic mass is 9.90. The number of halogens is 1. The fourth-order valence-electron chi connectivity index (χ4n) is 3.07. The number of nitrogens with zero attached hydrogens (tertiary/aromatic N) is 1. The van der Waals surface area contributed by atoms with E-state index in [1.165, 1.54) is 0 Å². The highest BCUT2D eigenvalue weighted by molar-refractivity contribution is 9.10. The van der Waals surface area contributed by atoms with Gasteiger partial charge in [0.15, 0.2) is 5.78 Å². The Hall–Kier alpha value is -1.14. The minimum Gasteiger partial charge on any atom is -0.297 e. The maximum Gasteiger partial charge on any atom is 0.158 e. The third-order valence-electron chi connectivity index (χ3n) is 4.94. The Morgan fingerprint density at radius 1 is 1.26 bits per heavy atom. The molecule has 1 aromatic carbocycles. The molecule has 0 bridgehead atoms. The van der Waals surface area contributed by atoms with Gasteiger partial charge in [-0.15, -0.1) is 0 Å². The predicted molar refractivity (Wildman–Crippen MR) is 78.6 cm³/mol. The van der Waals surface area contributed by atoms with Gasteiger partial charge in [-0.05, 0) is 22.5 Å². The van der Waals surface area contributed by atoms with Gasteiger partial charge in [-0.2, -0.15) is 5.26 Å². The van der Waals surface area contributed by atoms with E-state index in [-0.39, 0.29) is 22.5 Å². The molecule has 1 saturated carbocycles. The Bertz CT molecular complexity index is 554. The number of carbonyl (C=O) groups excluding carboxylic acids is 1. The molecule has 1 aliphatic rings. The SMILES string of the molecule is CC1(C)C(C(=O)C(C#N)c2ccccc2Br)C1(C)C. The monoisotopic (exact) mass is 319 g/mol. The van der Waals surface area contributed by atoms with Gasteiger partial charge < -0.3 is 0 Å². The molecule has 0 aromatic heterocycles. The van der Waals surface area contributed by atoms with Crippen LogP contribution in [0.25, 0.3) is 0 Å². The van der Waals surface area contributed by atoms with Gasteiger partial charge in [0.1, 0.15) is 5.92 Å². The first-order valence-electron chi connectivity index (χ1n) is 6.43. The lowest BCUT2D eigenvalue weighted by molar-refractivity contribution is -0.121. The molecule has 1 atom stereocenters. The first-order valence-corrected chi connectivity index (χ1v) is 7.22. The van der Waals surface area contributed by atoms with E-state index in [0.717, 1.165) is 10.0 Å². The topological polar surface area (TPSA) is 40.9 Å². The summed E-state index contributed by atoms with van der Waals surface area (Å²) in [6, 6.07) is 9.64. The van der Waals surface area contributed by atoms with Crippen molar-refractivity contribution in [3.05, 3.63) is 34.3 Å². The maximum atomic E-state index is 12.7. The summed E-state index contributed by atoms with van der Waals surface area (Å²) in [5, 5.41) is 9.40. The van der Waals surface area contributed by atoms with Crippen LogP contribution in [-0.2, 0) is 4.79 Å². The number of Topliss-reactive ketones (excluding diaryl/α,β-unsaturated/α-hetero) is 1. The molecule has 19 heavy (non-hydrogen) atoms. The number of hydrogen-bond donors (Lipinski definition) is 0. The normalized spacial score (nSPS) is 21.5. The fraction of sp³-hybridized carbons (Fsp3) is 0.500. The summed E-state index contributed by atoms with van der Waals surface area (Å²) in [7, 11) is 0. The van der Waals surface area contributed by atoms with Crippen LogP contribution in [-0.4, -0.2) is 5.78 Å². The molecule has 0 heterocycles. The zero-order valence-corrected chi connectivity index (χ0v) is 13.3. The van der Waals surface area contributed by atoms with Gasteiger partial charge in [0.25, 0.3) is 0 Å². The van der Waals surface area contributed by atoms with Crippen LogP contribution < -0.4 is 0 Å². The lowest BCUT2D eigenvalue weighted by Gasteiger charge is -2.11. The highest BCUT2D eigenvalue weighted by atomic mass is 79.9. The third kappa shape index (κ3) is 2.03. The van der Waals surface area contributed by atoms with Crippen LogP contribution in [0.1, 0.15) is 39.2 Å². The van der Waals surface area contributed by atoms with Gasteiger partial charge in [0.05, 0.1) is 6.07 Å². The summed E-state index contributed by atoms with van der Waals surface area (Å²) in [5.41, 5.74) is 0.717. The van der Waals surface area contributed by atoms with E-state index < -0.39 is 5.92 Å². The van der Waals surface area contributed by atoms with Gasteiger partial charge in [0, 0.05) is 10.4 Å². The molecule has 0 N–H and O–H groups in total. The Labute approximate surface area is 122 Å². The summed E-state index contributed by atoms with van der Waals surface area (Å²) < 4.78 is 0.825. The zero-order valence-electron chi connectivity index (χ0n) is 11.7. The average molecular weight is 320 g/mol. The van der Waals surface area contributed by atoms with Crippen molar-refractivity contribution in [1.82, 2.24) is 0 Å². The van der Waals surface area contributed by atoms with E-state index >= 15 is 0 Å². The van der Waals surface area contributed by atoms with Crippen LogP contribution in [0, 0.1) is 28.1 Å². The molecular weight excluding hydrogens is 302 g/mol. The highest BCUT2D eigenvalue weighted by Gasteiger charge is 2.68. The van der Waals surface area contributed by atoms with Crippen molar-refractivity contribution in [2.45, 2.75) is 33.6 Å². The molecule has 0 saturated heterocycles. The van der Waals surface area contributed by atoms with Crippen molar-refractivity contribution in [1.29, 1.82) is 5.26 Å². The molecule has 2 rings (SSSR count). The second-order valence-electron chi connectivity index (χ2n) is 6.36. The molecule has 1 aromatic rings. The molecule has 0 spiro atoms. The van der Waals surface area contributed by atoms with E-state index in [1.54, 1.807) is 0 Å². The van der Waals surface area contributed by atoms with Crippen molar-refractivity contribution in [3.8, 4) is 6.07 Å². The first-order chi connectivity index (χ1) is 8.75. The van der Waals surface area contributed by atoms with E-state index in [1.807, 2.05) is 24.3 Å². The van der Waals surface area contributed by atoms with Gasteiger partial charge >= 0.3 is 0 Å². The van der Waals surface area contributed by atoms with Crippen LogP contribution in [0.3, 0.4) is 0 Å². The minimum atomic E-state index is -0.679. The van der Waals surface area contributed by atoms with Gasteiger partial charge in [-0.1, -0.05) is 61.8 Å². The van der Waals surface area contributed by atoms with Gasteiger partial charge in [-0.25, -0.2) is 0 Å². The van der Waals surface area contributed by atoms with Crippen LogP contribution in [0.5, 0.6) is 0 Å². The second-order valence-corrected chi connectivity index (χ2v) is 7.22. The third-order valence-corrected chi connectivity index (χ3v) is 5.66. The molecule has 1 aliphatic carbocycles. The molecule has 1 unspecified atom stereocenters. The smallest absolute Gasteiger partial charge is 0.158 e. The summed E-state index contributed by atoms with van der Waals surface area (Å²) in [5.74, 6) is -0.678. The van der Waals surface area contributed by atoms with Crippen LogP contribution in [0.15, 0.2) is 28.7 Å². The second kappa shape index (κ2) is 4.45. The summed E-state index contributed by atoms with van der Waals surface area (Å²) in [6.45, 7) is 8.40. The zero-order chi connectivity index (χ0) is 14.4. The Balaban J connectivity index is 2.34. The molecule has 3 heteroatoms. The highest BCUT2D eigenvalue weighted by Crippen LogP contribution is 2.69. The number of benzene rings is 1. The van der Waals surface area contributed by atoms with Crippen LogP contribution in [0.2, 0.25) is 0 Å². The average Bonchev–Trinajstić information content (AvgIpc) is 2.73. The number of carbonyl (C=O) groups is 1. The summed E-state index contributed by atoms with van der Waals surface area (Å²) >= 11 is 3.43. The molecule has 100 valence electrons. The first kappa shape index (κ1) is 14.3. The summed E-state index contributed by atoms with van der Waals surface area (Å²) in [4.78, 5) is 12.7. The Morgan fingerprint density at radius 3 is 2.21 bits per heavy atom. The lowest BCUT2D eigenvalue weighted by Crippen LogP contribution is -2.17. The molecule has 0 amide bonds. The Morgan fingerprint density at radius 2 is 1.79 bits per heavy atom.